The molecule has 1 aromatic heterocycles. The van der Waals surface area contributed by atoms with Crippen LogP contribution >= 0.6 is 11.3 Å². The minimum Gasteiger partial charge on any atom is -0.396 e. The van der Waals surface area contributed by atoms with Gasteiger partial charge in [0.25, 0.3) is 0 Å². The van der Waals surface area contributed by atoms with Gasteiger partial charge in [0.1, 0.15) is 0 Å². The molecular formula is C15H18OS. The van der Waals surface area contributed by atoms with Gasteiger partial charge in [-0.15, -0.1) is 0 Å². The molecule has 2 aromatic rings. The minimum atomic E-state index is 0.277. The van der Waals surface area contributed by atoms with E-state index in [1.165, 1.54) is 16.7 Å². The Morgan fingerprint density at radius 2 is 1.71 bits per heavy atom. The summed E-state index contributed by atoms with van der Waals surface area (Å²) in [6, 6.07) is 10.9. The van der Waals surface area contributed by atoms with Gasteiger partial charge in [-0.05, 0) is 59.2 Å². The molecule has 0 radical (unpaired) electrons. The number of hydrogen-bond acceptors (Lipinski definition) is 2. The van der Waals surface area contributed by atoms with Crippen molar-refractivity contribution in [2.45, 2.75) is 25.7 Å². The fourth-order valence-corrected chi connectivity index (χ4v) is 2.65. The highest BCUT2D eigenvalue weighted by molar-refractivity contribution is 7.07. The number of benzene rings is 1. The van der Waals surface area contributed by atoms with E-state index in [1.54, 1.807) is 11.3 Å². The average Bonchev–Trinajstić information content (AvgIpc) is 2.87. The van der Waals surface area contributed by atoms with Crippen molar-refractivity contribution >= 4 is 11.3 Å². The highest BCUT2D eigenvalue weighted by atomic mass is 32.1. The number of thiophene rings is 1. The summed E-state index contributed by atoms with van der Waals surface area (Å²) in [4.78, 5) is 0. The molecule has 1 heterocycles. The molecule has 0 bridgehead atoms. The molecule has 0 aliphatic heterocycles. The summed E-state index contributed by atoms with van der Waals surface area (Å²) in [5.41, 5.74) is 4.16. The van der Waals surface area contributed by atoms with Crippen LogP contribution in [0, 0.1) is 0 Å². The first-order chi connectivity index (χ1) is 8.38. The lowest BCUT2D eigenvalue weighted by Crippen LogP contribution is -1.93. The van der Waals surface area contributed by atoms with E-state index in [-0.39, 0.29) is 6.61 Å². The lowest BCUT2D eigenvalue weighted by molar-refractivity contribution is 0.288. The molecule has 1 aromatic carbocycles. The molecule has 0 aliphatic carbocycles. The summed E-state index contributed by atoms with van der Waals surface area (Å²) in [5, 5.41) is 13.2. The standard InChI is InChI=1S/C15H18OS/c16-9-2-5-13-3-1-4-14(11-13)6-7-15-8-10-17-12-15/h1,3-4,8,10-12,16H,2,5-7,9H2. The Kier molecular flexibility index (Phi) is 4.77. The smallest absolute Gasteiger partial charge is 0.0434 e. The van der Waals surface area contributed by atoms with Crippen molar-refractivity contribution in [2.24, 2.45) is 0 Å². The molecule has 0 amide bonds. The van der Waals surface area contributed by atoms with Crippen molar-refractivity contribution in [1.29, 1.82) is 0 Å². The van der Waals surface area contributed by atoms with Crippen molar-refractivity contribution in [2.75, 3.05) is 6.61 Å². The van der Waals surface area contributed by atoms with Crippen molar-refractivity contribution < 1.29 is 5.11 Å². The van der Waals surface area contributed by atoms with Gasteiger partial charge in [-0.2, -0.15) is 11.3 Å². The quantitative estimate of drug-likeness (QED) is 0.827. The Balaban J connectivity index is 1.91. The van der Waals surface area contributed by atoms with Crippen LogP contribution in [0.3, 0.4) is 0 Å². The first-order valence-corrected chi connectivity index (χ1v) is 7.02. The molecule has 2 heteroatoms. The molecule has 0 saturated heterocycles. The van der Waals surface area contributed by atoms with Gasteiger partial charge in [0.15, 0.2) is 0 Å². The fourth-order valence-electron chi connectivity index (χ4n) is 1.95. The summed E-state index contributed by atoms with van der Waals surface area (Å²) in [7, 11) is 0. The van der Waals surface area contributed by atoms with Crippen LogP contribution in [0.2, 0.25) is 0 Å². The number of hydrogen-bond donors (Lipinski definition) is 1. The highest BCUT2D eigenvalue weighted by Gasteiger charge is 1.98. The molecule has 2 rings (SSSR count). The Hall–Kier alpha value is -1.12. The van der Waals surface area contributed by atoms with E-state index in [1.807, 2.05) is 0 Å². The van der Waals surface area contributed by atoms with Crippen LogP contribution in [-0.4, -0.2) is 11.7 Å². The third-order valence-electron chi connectivity index (χ3n) is 2.90. The SMILES string of the molecule is OCCCc1cccc(CCc2ccsc2)c1. The van der Waals surface area contributed by atoms with Crippen LogP contribution in [0.4, 0.5) is 0 Å². The van der Waals surface area contributed by atoms with Crippen molar-refractivity contribution in [1.82, 2.24) is 0 Å². The predicted molar refractivity (Wildman–Crippen MR) is 73.6 cm³/mol. The molecule has 17 heavy (non-hydrogen) atoms. The first kappa shape index (κ1) is 12.3. The second-order valence-corrected chi connectivity index (χ2v) is 5.06. The second-order valence-electron chi connectivity index (χ2n) is 4.28. The normalized spacial score (nSPS) is 10.6. The second kappa shape index (κ2) is 6.58. The van der Waals surface area contributed by atoms with Crippen molar-refractivity contribution in [3.8, 4) is 0 Å². The van der Waals surface area contributed by atoms with Crippen molar-refractivity contribution in [3.05, 3.63) is 57.8 Å². The summed E-state index contributed by atoms with van der Waals surface area (Å²) >= 11 is 1.76. The van der Waals surface area contributed by atoms with Gasteiger partial charge in [-0.1, -0.05) is 24.3 Å². The molecule has 0 saturated carbocycles. The number of aliphatic hydroxyl groups excluding tert-OH is 1. The zero-order valence-corrected chi connectivity index (χ0v) is 10.7. The van der Waals surface area contributed by atoms with Gasteiger partial charge < -0.3 is 5.11 Å². The molecule has 0 aliphatic rings. The Labute approximate surface area is 107 Å². The third-order valence-corrected chi connectivity index (χ3v) is 3.63. The summed E-state index contributed by atoms with van der Waals surface area (Å²) in [6.07, 6.45) is 4.05. The van der Waals surface area contributed by atoms with Gasteiger partial charge >= 0.3 is 0 Å². The Bertz CT molecular complexity index is 434. The zero-order chi connectivity index (χ0) is 11.9. The average molecular weight is 246 g/mol. The Morgan fingerprint density at radius 1 is 0.941 bits per heavy atom. The van der Waals surface area contributed by atoms with Crippen LogP contribution in [0.15, 0.2) is 41.1 Å². The predicted octanol–water partition coefficient (Wildman–Crippen LogP) is 3.46. The molecule has 0 fully saturated rings. The van der Waals surface area contributed by atoms with Gasteiger partial charge in [0.05, 0.1) is 0 Å². The van der Waals surface area contributed by atoms with Crippen LogP contribution in [-0.2, 0) is 19.3 Å². The number of aryl methyl sites for hydroxylation is 3. The third kappa shape index (κ3) is 3.99. The van der Waals surface area contributed by atoms with Gasteiger partial charge in [0, 0.05) is 6.61 Å². The number of rotatable bonds is 6. The molecule has 90 valence electrons. The zero-order valence-electron chi connectivity index (χ0n) is 9.93. The van der Waals surface area contributed by atoms with E-state index in [9.17, 15) is 0 Å². The number of aliphatic hydroxyl groups is 1. The maximum absolute atomic E-state index is 8.83. The van der Waals surface area contributed by atoms with Gasteiger partial charge in [-0.3, -0.25) is 0 Å². The first-order valence-electron chi connectivity index (χ1n) is 6.08. The van der Waals surface area contributed by atoms with Crippen LogP contribution in [0.5, 0.6) is 0 Å². The minimum absolute atomic E-state index is 0.277. The van der Waals surface area contributed by atoms with E-state index < -0.39 is 0 Å². The van der Waals surface area contributed by atoms with Crippen LogP contribution in [0.1, 0.15) is 23.1 Å². The van der Waals surface area contributed by atoms with Crippen molar-refractivity contribution in [3.63, 3.8) is 0 Å². The summed E-state index contributed by atoms with van der Waals surface area (Å²) in [5.74, 6) is 0. The van der Waals surface area contributed by atoms with Gasteiger partial charge in [0.2, 0.25) is 0 Å². The van der Waals surface area contributed by atoms with Crippen LogP contribution < -0.4 is 0 Å². The van der Waals surface area contributed by atoms with E-state index in [0.717, 1.165) is 25.7 Å². The maximum Gasteiger partial charge on any atom is 0.0434 e. The maximum atomic E-state index is 8.83. The van der Waals surface area contributed by atoms with E-state index in [0.29, 0.717) is 0 Å². The highest BCUT2D eigenvalue weighted by Crippen LogP contribution is 2.13. The summed E-state index contributed by atoms with van der Waals surface area (Å²) in [6.45, 7) is 0.277. The molecule has 1 nitrogen and oxygen atoms in total. The van der Waals surface area contributed by atoms with Crippen LogP contribution in [0.25, 0.3) is 0 Å². The van der Waals surface area contributed by atoms with E-state index in [4.69, 9.17) is 5.11 Å². The molecule has 0 spiro atoms. The molecular weight excluding hydrogens is 228 g/mol. The largest absolute Gasteiger partial charge is 0.396 e. The molecule has 1 N–H and O–H groups in total. The lowest BCUT2D eigenvalue weighted by Gasteiger charge is -2.04. The fraction of sp³-hybridized carbons (Fsp3) is 0.333. The van der Waals surface area contributed by atoms with Gasteiger partial charge in [-0.25, -0.2) is 0 Å². The lowest BCUT2D eigenvalue weighted by atomic mass is 10.0. The topological polar surface area (TPSA) is 20.2 Å². The molecule has 0 unspecified atom stereocenters. The van der Waals surface area contributed by atoms with E-state index in [2.05, 4.69) is 41.1 Å². The molecule has 0 atom stereocenters. The Morgan fingerprint density at radius 3 is 2.41 bits per heavy atom. The summed E-state index contributed by atoms with van der Waals surface area (Å²) < 4.78 is 0. The monoisotopic (exact) mass is 246 g/mol. The van der Waals surface area contributed by atoms with E-state index >= 15 is 0 Å².